The number of hydrogen-bond donors (Lipinski definition) is 0. The van der Waals surface area contributed by atoms with Crippen molar-refractivity contribution in [2.45, 2.75) is 78.6 Å². The summed E-state index contributed by atoms with van der Waals surface area (Å²) < 4.78 is 5.41. The van der Waals surface area contributed by atoms with E-state index >= 15 is 0 Å². The Morgan fingerprint density at radius 2 is 1.88 bits per heavy atom. The molecule has 3 nitrogen and oxygen atoms in total. The van der Waals surface area contributed by atoms with Gasteiger partial charge in [-0.1, -0.05) is 20.3 Å². The third-order valence-electron chi connectivity index (χ3n) is 9.09. The molecule has 0 radical (unpaired) electrons. The zero-order valence-corrected chi connectivity index (χ0v) is 16.2. The lowest BCUT2D eigenvalue weighted by atomic mass is 9.41. The van der Waals surface area contributed by atoms with Crippen LogP contribution in [0.25, 0.3) is 0 Å². The summed E-state index contributed by atoms with van der Waals surface area (Å²) in [6.07, 6.45) is 12.6. The van der Waals surface area contributed by atoms with E-state index in [-0.39, 0.29) is 11.4 Å². The molecule has 7 atom stereocenters. The molecule has 4 fully saturated rings. The fourth-order valence-corrected chi connectivity index (χ4v) is 8.20. The van der Waals surface area contributed by atoms with Gasteiger partial charge < -0.3 is 9.53 Å². The molecule has 25 heavy (non-hydrogen) atoms. The molecule has 0 unspecified atom stereocenters. The lowest BCUT2D eigenvalue weighted by molar-refractivity contribution is -0.157. The van der Waals surface area contributed by atoms with Gasteiger partial charge in [0.1, 0.15) is 6.29 Å². The highest BCUT2D eigenvalue weighted by atomic mass is 16.5. The number of aldehydes is 1. The van der Waals surface area contributed by atoms with Crippen LogP contribution in [-0.2, 0) is 14.3 Å². The second-order valence-electron chi connectivity index (χ2n) is 10.3. The SMILES string of the molecule is CC(=O)OC[C@@H]1C[C@]23CC[C@@H]4[C@](C)(CCC[C@@]4(C)C=O)[C@H]2CC[C@H]1C3. The molecule has 0 aromatic carbocycles. The van der Waals surface area contributed by atoms with E-state index in [1.54, 1.807) is 0 Å². The summed E-state index contributed by atoms with van der Waals surface area (Å²) in [6, 6.07) is 0. The molecule has 0 aliphatic heterocycles. The van der Waals surface area contributed by atoms with Crippen LogP contribution in [0.3, 0.4) is 0 Å². The van der Waals surface area contributed by atoms with E-state index in [4.69, 9.17) is 4.74 Å². The highest BCUT2D eigenvalue weighted by Gasteiger charge is 2.64. The Morgan fingerprint density at radius 3 is 2.60 bits per heavy atom. The quantitative estimate of drug-likeness (QED) is 0.546. The zero-order chi connectivity index (χ0) is 17.9. The predicted molar refractivity (Wildman–Crippen MR) is 96.9 cm³/mol. The third kappa shape index (κ3) is 2.51. The molecule has 0 heterocycles. The summed E-state index contributed by atoms with van der Waals surface area (Å²) in [7, 11) is 0. The van der Waals surface area contributed by atoms with Gasteiger partial charge in [-0.2, -0.15) is 0 Å². The van der Waals surface area contributed by atoms with Gasteiger partial charge in [0, 0.05) is 12.3 Å². The predicted octanol–water partition coefficient (Wildman–Crippen LogP) is 4.78. The van der Waals surface area contributed by atoms with E-state index in [2.05, 4.69) is 13.8 Å². The van der Waals surface area contributed by atoms with Crippen molar-refractivity contribution in [3.8, 4) is 0 Å². The van der Waals surface area contributed by atoms with Crippen LogP contribution in [0, 0.1) is 39.9 Å². The van der Waals surface area contributed by atoms with Crippen molar-refractivity contribution < 1.29 is 14.3 Å². The van der Waals surface area contributed by atoms with E-state index in [0.29, 0.717) is 29.3 Å². The van der Waals surface area contributed by atoms with Gasteiger partial charge in [-0.3, -0.25) is 4.79 Å². The topological polar surface area (TPSA) is 43.4 Å². The van der Waals surface area contributed by atoms with E-state index in [1.807, 2.05) is 0 Å². The summed E-state index contributed by atoms with van der Waals surface area (Å²) in [5.74, 6) is 2.50. The first-order valence-corrected chi connectivity index (χ1v) is 10.4. The van der Waals surface area contributed by atoms with E-state index in [1.165, 1.54) is 64.6 Å². The Bertz CT molecular complexity index is 572. The van der Waals surface area contributed by atoms with E-state index in [0.717, 1.165) is 18.3 Å². The maximum atomic E-state index is 11.9. The summed E-state index contributed by atoms with van der Waals surface area (Å²) in [5, 5.41) is 0. The van der Waals surface area contributed by atoms with Crippen LogP contribution in [0.1, 0.15) is 78.6 Å². The van der Waals surface area contributed by atoms with Gasteiger partial charge in [0.05, 0.1) is 6.61 Å². The first-order valence-electron chi connectivity index (χ1n) is 10.4. The molecule has 0 aromatic rings. The molecule has 0 aromatic heterocycles. The van der Waals surface area contributed by atoms with Crippen molar-refractivity contribution in [1.82, 2.24) is 0 Å². The van der Waals surface area contributed by atoms with Crippen molar-refractivity contribution in [2.24, 2.45) is 39.9 Å². The highest BCUT2D eigenvalue weighted by molar-refractivity contribution is 5.65. The number of esters is 1. The van der Waals surface area contributed by atoms with E-state index in [9.17, 15) is 9.59 Å². The molecule has 0 amide bonds. The number of hydrogen-bond acceptors (Lipinski definition) is 3. The van der Waals surface area contributed by atoms with Gasteiger partial charge in [-0.05, 0) is 85.9 Å². The van der Waals surface area contributed by atoms with Crippen LogP contribution in [0.5, 0.6) is 0 Å². The van der Waals surface area contributed by atoms with Gasteiger partial charge in [0.25, 0.3) is 0 Å². The maximum Gasteiger partial charge on any atom is 0.302 e. The van der Waals surface area contributed by atoms with Crippen LogP contribution in [0.2, 0.25) is 0 Å². The van der Waals surface area contributed by atoms with Crippen molar-refractivity contribution in [1.29, 1.82) is 0 Å². The minimum absolute atomic E-state index is 0.110. The normalized spacial score (nSPS) is 51.3. The van der Waals surface area contributed by atoms with Gasteiger partial charge in [-0.15, -0.1) is 0 Å². The number of carbonyl (C=O) groups excluding carboxylic acids is 2. The minimum Gasteiger partial charge on any atom is -0.466 e. The highest BCUT2D eigenvalue weighted by Crippen LogP contribution is 2.72. The number of ether oxygens (including phenoxy) is 1. The Kier molecular flexibility index (Phi) is 4.09. The monoisotopic (exact) mass is 346 g/mol. The molecule has 4 rings (SSSR count). The van der Waals surface area contributed by atoms with Crippen molar-refractivity contribution in [3.05, 3.63) is 0 Å². The summed E-state index contributed by atoms with van der Waals surface area (Å²) in [5.41, 5.74) is 0.675. The van der Waals surface area contributed by atoms with E-state index < -0.39 is 0 Å². The summed E-state index contributed by atoms with van der Waals surface area (Å²) >= 11 is 0. The molecular weight excluding hydrogens is 312 g/mol. The lowest BCUT2D eigenvalue weighted by Gasteiger charge is -2.63. The molecule has 2 bridgehead atoms. The standard InChI is InChI=1S/C22H34O3/c1-15(24)25-13-17-12-22-10-7-18-20(2,14-23)8-4-9-21(18,3)19(22)6-5-16(17)11-22/h14,16-19H,4-13H2,1-3H3/t16-,17-,18-,19+,20-,21-,22+/m0/s1. The van der Waals surface area contributed by atoms with Crippen LogP contribution >= 0.6 is 0 Å². The Hall–Kier alpha value is -0.860. The van der Waals surface area contributed by atoms with Gasteiger partial charge in [0.2, 0.25) is 0 Å². The molecule has 4 saturated carbocycles. The molecule has 4 aliphatic rings. The molecule has 140 valence electrons. The van der Waals surface area contributed by atoms with Crippen molar-refractivity contribution in [2.75, 3.05) is 6.61 Å². The number of rotatable bonds is 3. The molecule has 0 N–H and O–H groups in total. The van der Waals surface area contributed by atoms with Gasteiger partial charge in [-0.25, -0.2) is 0 Å². The second kappa shape index (κ2) is 5.82. The Balaban J connectivity index is 1.60. The van der Waals surface area contributed by atoms with Crippen LogP contribution < -0.4 is 0 Å². The third-order valence-corrected chi connectivity index (χ3v) is 9.09. The first-order chi connectivity index (χ1) is 11.8. The lowest BCUT2D eigenvalue weighted by Crippen LogP contribution is -2.56. The maximum absolute atomic E-state index is 11.9. The van der Waals surface area contributed by atoms with Gasteiger partial charge in [0.15, 0.2) is 0 Å². The minimum atomic E-state index is -0.139. The molecule has 3 heteroatoms. The molecule has 0 saturated heterocycles. The molecule has 1 spiro atoms. The molecular formula is C22H34O3. The summed E-state index contributed by atoms with van der Waals surface area (Å²) in [4.78, 5) is 23.2. The largest absolute Gasteiger partial charge is 0.466 e. The van der Waals surface area contributed by atoms with Crippen LogP contribution in [0.15, 0.2) is 0 Å². The first kappa shape index (κ1) is 17.5. The average molecular weight is 347 g/mol. The van der Waals surface area contributed by atoms with Crippen molar-refractivity contribution in [3.63, 3.8) is 0 Å². The fraction of sp³-hybridized carbons (Fsp3) is 0.909. The second-order valence-corrected chi connectivity index (χ2v) is 10.3. The smallest absolute Gasteiger partial charge is 0.302 e. The van der Waals surface area contributed by atoms with Gasteiger partial charge >= 0.3 is 5.97 Å². The number of fused-ring (bicyclic) bond motifs is 3. The molecule has 4 aliphatic carbocycles. The summed E-state index contributed by atoms with van der Waals surface area (Å²) in [6.45, 7) is 6.89. The van der Waals surface area contributed by atoms with Crippen molar-refractivity contribution >= 4 is 12.3 Å². The Labute approximate surface area is 152 Å². The fourth-order valence-electron chi connectivity index (χ4n) is 8.20. The van der Waals surface area contributed by atoms with Crippen LogP contribution in [0.4, 0.5) is 0 Å². The Morgan fingerprint density at radius 1 is 1.08 bits per heavy atom. The number of carbonyl (C=O) groups is 2. The zero-order valence-electron chi connectivity index (χ0n) is 16.2. The average Bonchev–Trinajstić information content (AvgIpc) is 2.83. The van der Waals surface area contributed by atoms with Crippen LogP contribution in [-0.4, -0.2) is 18.9 Å².